The van der Waals surface area contributed by atoms with E-state index in [1.807, 2.05) is 6.92 Å². The highest BCUT2D eigenvalue weighted by Crippen LogP contribution is 1.88. The predicted molar refractivity (Wildman–Crippen MR) is 46.8 cm³/mol. The maximum atomic E-state index is 11.2. The molecule has 0 bridgehead atoms. The summed E-state index contributed by atoms with van der Waals surface area (Å²) in [4.78, 5) is 21.5. The lowest BCUT2D eigenvalue weighted by molar-refractivity contribution is -0.125. The van der Waals surface area contributed by atoms with E-state index in [0.29, 0.717) is 6.42 Å². The van der Waals surface area contributed by atoms with Gasteiger partial charge in [-0.15, -0.1) is 0 Å². The number of rotatable bonds is 5. The van der Waals surface area contributed by atoms with Crippen molar-refractivity contribution < 1.29 is 9.59 Å². The van der Waals surface area contributed by atoms with Gasteiger partial charge < -0.3 is 15.4 Å². The number of nitrogens with one attached hydrogen (secondary N) is 2. The van der Waals surface area contributed by atoms with Crippen LogP contribution < -0.4 is 10.6 Å². The van der Waals surface area contributed by atoms with Crippen LogP contribution in [-0.2, 0) is 9.59 Å². The normalized spacial score (nSPS) is 14.9. The summed E-state index contributed by atoms with van der Waals surface area (Å²) in [7, 11) is 1.70. The van der Waals surface area contributed by atoms with Gasteiger partial charge in [-0.05, 0) is 20.4 Å². The molecule has 0 aliphatic carbocycles. The fourth-order valence-corrected chi connectivity index (χ4v) is 0.671. The van der Waals surface area contributed by atoms with E-state index in [4.69, 9.17) is 0 Å². The molecule has 0 aliphatic rings. The Hall–Kier alpha value is -0.900. The van der Waals surface area contributed by atoms with Gasteiger partial charge in [-0.25, -0.2) is 0 Å². The Labute approximate surface area is 72.7 Å². The molecule has 0 saturated carbocycles. The maximum absolute atomic E-state index is 11.2. The molecule has 0 saturated heterocycles. The molecule has 4 nitrogen and oxygen atoms in total. The molecular formula is C8H16N2O2. The van der Waals surface area contributed by atoms with Crippen molar-refractivity contribution in [2.75, 3.05) is 7.05 Å². The van der Waals surface area contributed by atoms with Crippen LogP contribution in [0.4, 0.5) is 0 Å². The predicted octanol–water partition coefficient (Wildman–Crippen LogP) is -0.312. The van der Waals surface area contributed by atoms with Crippen molar-refractivity contribution in [2.24, 2.45) is 0 Å². The molecule has 1 amide bonds. The van der Waals surface area contributed by atoms with Gasteiger partial charge in [0, 0.05) is 0 Å². The highest BCUT2D eigenvalue weighted by Gasteiger charge is 2.13. The van der Waals surface area contributed by atoms with Crippen LogP contribution in [0.5, 0.6) is 0 Å². The van der Waals surface area contributed by atoms with Crippen LogP contribution in [0.1, 0.15) is 20.3 Å². The van der Waals surface area contributed by atoms with Gasteiger partial charge in [-0.2, -0.15) is 0 Å². The summed E-state index contributed by atoms with van der Waals surface area (Å²) in [6.07, 6.45) is 1.38. The summed E-state index contributed by atoms with van der Waals surface area (Å²) in [5.41, 5.74) is 0. The van der Waals surface area contributed by atoms with E-state index in [1.165, 1.54) is 0 Å². The summed E-state index contributed by atoms with van der Waals surface area (Å²) in [5, 5.41) is 5.39. The molecule has 0 aromatic rings. The molecule has 0 spiro atoms. The maximum Gasteiger partial charge on any atom is 0.237 e. The summed E-state index contributed by atoms with van der Waals surface area (Å²) >= 11 is 0. The quantitative estimate of drug-likeness (QED) is 0.559. The lowest BCUT2D eigenvalue weighted by Gasteiger charge is -2.14. The highest BCUT2D eigenvalue weighted by molar-refractivity contribution is 5.83. The Balaban J connectivity index is 3.89. The number of amides is 1. The second-order valence-corrected chi connectivity index (χ2v) is 2.67. The first kappa shape index (κ1) is 11.1. The molecule has 2 unspecified atom stereocenters. The Kier molecular flexibility index (Phi) is 5.28. The third kappa shape index (κ3) is 3.48. The van der Waals surface area contributed by atoms with Gasteiger partial charge in [-0.1, -0.05) is 6.92 Å². The average molecular weight is 172 g/mol. The number of likely N-dealkylation sites (N-methyl/N-ethyl adjacent to an activating group) is 1. The van der Waals surface area contributed by atoms with Gasteiger partial charge in [0.2, 0.25) is 5.91 Å². The zero-order valence-corrected chi connectivity index (χ0v) is 7.76. The van der Waals surface area contributed by atoms with Crippen molar-refractivity contribution in [3.8, 4) is 0 Å². The van der Waals surface area contributed by atoms with E-state index in [0.717, 1.165) is 6.29 Å². The van der Waals surface area contributed by atoms with Gasteiger partial charge in [0.15, 0.2) is 0 Å². The Morgan fingerprint density at radius 1 is 1.58 bits per heavy atom. The van der Waals surface area contributed by atoms with Crippen molar-refractivity contribution in [2.45, 2.75) is 32.4 Å². The molecule has 0 radical (unpaired) electrons. The number of hydrogen-bond acceptors (Lipinski definition) is 3. The van der Waals surface area contributed by atoms with Crippen LogP contribution in [0.2, 0.25) is 0 Å². The van der Waals surface area contributed by atoms with Crippen LogP contribution in [-0.4, -0.2) is 31.3 Å². The minimum Gasteiger partial charge on any atom is -0.345 e. The van der Waals surface area contributed by atoms with E-state index in [9.17, 15) is 9.59 Å². The zero-order chi connectivity index (χ0) is 9.56. The van der Waals surface area contributed by atoms with Crippen LogP contribution in [0, 0.1) is 0 Å². The van der Waals surface area contributed by atoms with Crippen LogP contribution in [0.3, 0.4) is 0 Å². The molecule has 2 atom stereocenters. The molecule has 0 aliphatic heterocycles. The molecule has 0 fully saturated rings. The standard InChI is InChI=1S/C8H16N2O2/c1-4-7(5-11)10-8(12)6(2)9-3/h5-7,9H,4H2,1-3H3,(H,10,12). The fraction of sp³-hybridized carbons (Fsp3) is 0.750. The van der Waals surface area contributed by atoms with E-state index in [1.54, 1.807) is 14.0 Å². The van der Waals surface area contributed by atoms with Gasteiger partial charge in [-0.3, -0.25) is 4.79 Å². The SMILES string of the molecule is CCC(C=O)NC(=O)C(C)NC. The van der Waals surface area contributed by atoms with E-state index in [-0.39, 0.29) is 18.0 Å². The first-order chi connectivity index (χ1) is 5.65. The minimum atomic E-state index is -0.353. The van der Waals surface area contributed by atoms with Crippen LogP contribution in [0.25, 0.3) is 0 Å². The van der Waals surface area contributed by atoms with Crippen molar-refractivity contribution >= 4 is 12.2 Å². The number of hydrogen-bond donors (Lipinski definition) is 2. The average Bonchev–Trinajstić information content (AvgIpc) is 2.12. The van der Waals surface area contributed by atoms with Crippen LogP contribution >= 0.6 is 0 Å². The number of aldehydes is 1. The summed E-state index contributed by atoms with van der Waals surface area (Å²) in [6, 6.07) is -0.604. The monoisotopic (exact) mass is 172 g/mol. The van der Waals surface area contributed by atoms with Crippen molar-refractivity contribution in [3.05, 3.63) is 0 Å². The molecule has 0 heterocycles. The van der Waals surface area contributed by atoms with Gasteiger partial charge >= 0.3 is 0 Å². The Morgan fingerprint density at radius 2 is 2.17 bits per heavy atom. The van der Waals surface area contributed by atoms with Gasteiger partial charge in [0.05, 0.1) is 12.1 Å². The lowest BCUT2D eigenvalue weighted by Crippen LogP contribution is -2.45. The smallest absolute Gasteiger partial charge is 0.237 e. The second kappa shape index (κ2) is 5.71. The number of carbonyl (C=O) groups is 2. The van der Waals surface area contributed by atoms with Crippen molar-refractivity contribution in [3.63, 3.8) is 0 Å². The van der Waals surface area contributed by atoms with Crippen molar-refractivity contribution in [1.82, 2.24) is 10.6 Å². The summed E-state index contributed by atoms with van der Waals surface area (Å²) in [5.74, 6) is -0.142. The van der Waals surface area contributed by atoms with Gasteiger partial charge in [0.25, 0.3) is 0 Å². The molecular weight excluding hydrogens is 156 g/mol. The van der Waals surface area contributed by atoms with Crippen molar-refractivity contribution in [1.29, 1.82) is 0 Å². The largest absolute Gasteiger partial charge is 0.345 e. The second-order valence-electron chi connectivity index (χ2n) is 2.67. The fourth-order valence-electron chi connectivity index (χ4n) is 0.671. The first-order valence-corrected chi connectivity index (χ1v) is 4.08. The third-order valence-electron chi connectivity index (χ3n) is 1.76. The first-order valence-electron chi connectivity index (χ1n) is 4.08. The van der Waals surface area contributed by atoms with Gasteiger partial charge in [0.1, 0.15) is 6.29 Å². The van der Waals surface area contributed by atoms with E-state index >= 15 is 0 Å². The topological polar surface area (TPSA) is 58.2 Å². The molecule has 0 aromatic heterocycles. The van der Waals surface area contributed by atoms with E-state index < -0.39 is 0 Å². The molecule has 2 N–H and O–H groups in total. The number of carbonyl (C=O) groups excluding carboxylic acids is 2. The Morgan fingerprint density at radius 3 is 2.50 bits per heavy atom. The third-order valence-corrected chi connectivity index (χ3v) is 1.76. The zero-order valence-electron chi connectivity index (χ0n) is 7.76. The molecule has 0 aromatic carbocycles. The molecule has 4 heteroatoms. The van der Waals surface area contributed by atoms with Crippen LogP contribution in [0.15, 0.2) is 0 Å². The highest BCUT2D eigenvalue weighted by atomic mass is 16.2. The summed E-state index contributed by atoms with van der Waals surface area (Å²) in [6.45, 7) is 3.59. The minimum absolute atomic E-state index is 0.142. The molecule has 70 valence electrons. The Bertz CT molecular complexity index is 159. The van der Waals surface area contributed by atoms with E-state index in [2.05, 4.69) is 10.6 Å². The lowest BCUT2D eigenvalue weighted by atomic mass is 10.2. The summed E-state index contributed by atoms with van der Waals surface area (Å²) < 4.78 is 0. The molecule has 12 heavy (non-hydrogen) atoms. The molecule has 0 rings (SSSR count).